The number of rotatable bonds is 12. The largest absolute Gasteiger partial charge is 0.512 e. The first kappa shape index (κ1) is 53.3. The fourth-order valence-electron chi connectivity index (χ4n) is 10.5. The summed E-state index contributed by atoms with van der Waals surface area (Å²) in [4.78, 5) is 20.8. The summed E-state index contributed by atoms with van der Waals surface area (Å²) in [5.41, 5.74) is 10.7. The molecule has 1 atom stereocenters. The molecule has 395 valence electrons. The van der Waals surface area contributed by atoms with E-state index in [1.54, 1.807) is 6.92 Å². The molecule has 0 amide bonds. The number of carbonyl (C=O) groups is 1. The maximum atomic E-state index is 12.9. The Bertz CT molecular complexity index is 2840. The first-order valence-corrected chi connectivity index (χ1v) is 27.0. The van der Waals surface area contributed by atoms with Crippen LogP contribution >= 0.6 is 0 Å². The zero-order valence-electron chi connectivity index (χ0n) is 49.9. The molecule has 0 saturated heterocycles. The van der Waals surface area contributed by atoms with Gasteiger partial charge in [0, 0.05) is 56.8 Å². The predicted molar refractivity (Wildman–Crippen MR) is 299 cm³/mol. The summed E-state index contributed by atoms with van der Waals surface area (Å²) < 4.78 is 59.5. The van der Waals surface area contributed by atoms with Gasteiger partial charge in [0.05, 0.1) is 11.2 Å². The van der Waals surface area contributed by atoms with Gasteiger partial charge in [-0.05, 0) is 131 Å². The topological polar surface area (TPSA) is 63.1 Å². The first-order chi connectivity index (χ1) is 35.7. The summed E-state index contributed by atoms with van der Waals surface area (Å²) >= 11 is 0. The molecular weight excluding hydrogens is 1080 g/mol. The van der Waals surface area contributed by atoms with Crippen LogP contribution in [0.25, 0.3) is 44.1 Å². The van der Waals surface area contributed by atoms with E-state index in [-0.39, 0.29) is 72.8 Å². The van der Waals surface area contributed by atoms with Gasteiger partial charge in [-0.2, -0.15) is 0 Å². The molecule has 0 bridgehead atoms. The third-order valence-electron chi connectivity index (χ3n) is 14.9. The second kappa shape index (κ2) is 26.3. The van der Waals surface area contributed by atoms with E-state index in [0.717, 1.165) is 68.2 Å². The molecule has 2 heterocycles. The van der Waals surface area contributed by atoms with Gasteiger partial charge >= 0.3 is 0 Å². The Morgan fingerprint density at radius 3 is 1.41 bits per heavy atom. The van der Waals surface area contributed by atoms with Gasteiger partial charge in [0.15, 0.2) is 5.78 Å². The van der Waals surface area contributed by atoms with Crippen molar-refractivity contribution in [1.29, 1.82) is 0 Å². The first-order valence-electron chi connectivity index (χ1n) is 29.0. The number of aromatic nitrogens is 2. The molecule has 4 nitrogen and oxygen atoms in total. The minimum Gasteiger partial charge on any atom is -0.512 e. The maximum Gasteiger partial charge on any atom is 0.246 e. The molecule has 1 radical (unpaired) electrons. The van der Waals surface area contributed by atoms with Crippen molar-refractivity contribution in [3.8, 4) is 22.5 Å². The van der Waals surface area contributed by atoms with Crippen LogP contribution in [-0.2, 0) is 35.7 Å². The van der Waals surface area contributed by atoms with Crippen molar-refractivity contribution in [3.63, 3.8) is 0 Å². The summed E-state index contributed by atoms with van der Waals surface area (Å²) in [6.07, 6.45) is 15.3. The average molecular weight is 1170 g/mol. The standard InChI is InChI=1S/2C26H30N.C14H24F2O2.Ir/c2*1-18-14-22(17-23(15-18)26(2,3)4)25-24-11-10-20(16-21(24)12-13-27-25)19-8-6-5-7-9-19;1-5-10(6-2)12(17)8-13(18)11(7-3)9-14(4,15)16;/h2*10-13,15-17,19H,5-9H2,1-4H3;8,10-11,18H,5-7,9H2,1-4H3;/q2*-1;;/b;;13-8-;/i2*12D,13D;;. The van der Waals surface area contributed by atoms with Gasteiger partial charge in [-0.3, -0.25) is 4.79 Å². The minimum atomic E-state index is -2.83. The van der Waals surface area contributed by atoms with E-state index < -0.39 is 18.3 Å². The van der Waals surface area contributed by atoms with Crippen LogP contribution in [0.15, 0.2) is 96.9 Å². The number of alkyl halides is 2. The summed E-state index contributed by atoms with van der Waals surface area (Å²) in [7, 11) is 0. The van der Waals surface area contributed by atoms with Crippen LogP contribution in [0.2, 0.25) is 0 Å². The Labute approximate surface area is 457 Å². The van der Waals surface area contributed by atoms with Crippen LogP contribution in [0.5, 0.6) is 0 Å². The van der Waals surface area contributed by atoms with E-state index in [0.29, 0.717) is 31.1 Å². The van der Waals surface area contributed by atoms with E-state index in [4.69, 9.17) is 5.48 Å². The quantitative estimate of drug-likeness (QED) is 0.0753. The summed E-state index contributed by atoms with van der Waals surface area (Å²) in [5.74, 6) is -2.84. The Balaban J connectivity index is 0.000000219. The van der Waals surface area contributed by atoms with Crippen molar-refractivity contribution in [2.24, 2.45) is 11.8 Å². The van der Waals surface area contributed by atoms with Gasteiger partial charge in [-0.1, -0.05) is 151 Å². The molecule has 73 heavy (non-hydrogen) atoms. The van der Waals surface area contributed by atoms with Crippen molar-refractivity contribution in [2.75, 3.05) is 0 Å². The Hall–Kier alpha value is -4.58. The van der Waals surface area contributed by atoms with E-state index in [2.05, 4.69) is 138 Å². The number of ketones is 1. The zero-order valence-corrected chi connectivity index (χ0v) is 48.3. The number of hydrogen-bond donors (Lipinski definition) is 1. The van der Waals surface area contributed by atoms with Gasteiger partial charge in [-0.15, -0.1) is 69.8 Å². The Kier molecular flexibility index (Phi) is 19.2. The van der Waals surface area contributed by atoms with Crippen LogP contribution in [0.3, 0.4) is 0 Å². The number of fused-ring (bicyclic) bond motifs is 2. The molecule has 4 aromatic carbocycles. The number of allylic oxidation sites excluding steroid dienone is 2. The van der Waals surface area contributed by atoms with Crippen LogP contribution in [0.1, 0.15) is 210 Å². The number of aliphatic hydroxyl groups is 1. The van der Waals surface area contributed by atoms with E-state index >= 15 is 0 Å². The number of halogens is 2. The minimum absolute atomic E-state index is 0. The number of aryl methyl sites for hydroxylation is 2. The Morgan fingerprint density at radius 1 is 0.658 bits per heavy atom. The third kappa shape index (κ3) is 16.5. The number of aliphatic hydroxyl groups excluding tert-OH is 1. The summed E-state index contributed by atoms with van der Waals surface area (Å²) in [6.45, 7) is 23.7. The van der Waals surface area contributed by atoms with Crippen molar-refractivity contribution in [1.82, 2.24) is 9.97 Å². The van der Waals surface area contributed by atoms with Crippen LogP contribution in [0, 0.1) is 37.8 Å². The van der Waals surface area contributed by atoms with Gasteiger partial charge in [0.2, 0.25) is 5.92 Å². The molecular formula is C66H84F2IrN2O2-2. The van der Waals surface area contributed by atoms with Crippen molar-refractivity contribution in [2.45, 2.75) is 202 Å². The molecule has 2 aliphatic carbocycles. The van der Waals surface area contributed by atoms with E-state index in [1.165, 1.54) is 86.5 Å². The SMILES string of the molecule is CCC(CC)C(=O)/C=C(\O)C(CC)CC(C)(F)F.[2H]c1nc(-c2[c-]c(C)cc(C(C)(C)C)c2)c2ccc(C3CCCCC3)cc2c1[2H].[2H]c1nc(-c2[c-]c(C)cc(C(C)(C)C)c2)c2ccc(C3CCCCC3)cc2c1[2H].[Ir]. The molecule has 0 spiro atoms. The predicted octanol–water partition coefficient (Wildman–Crippen LogP) is 19.2. The molecule has 0 aliphatic heterocycles. The van der Waals surface area contributed by atoms with Gasteiger partial charge in [-0.25, -0.2) is 8.78 Å². The monoisotopic (exact) mass is 1170 g/mol. The molecule has 2 saturated carbocycles. The molecule has 2 fully saturated rings. The number of pyridine rings is 2. The molecule has 2 aliphatic rings. The zero-order chi connectivity index (χ0) is 55.9. The van der Waals surface area contributed by atoms with E-state index in [9.17, 15) is 18.7 Å². The molecule has 1 unspecified atom stereocenters. The van der Waals surface area contributed by atoms with E-state index in [1.807, 2.05) is 13.8 Å². The van der Waals surface area contributed by atoms with Crippen LogP contribution in [-0.4, -0.2) is 26.8 Å². The summed E-state index contributed by atoms with van der Waals surface area (Å²) in [6, 6.07) is 28.9. The Morgan fingerprint density at radius 2 is 1.05 bits per heavy atom. The molecule has 2 aromatic heterocycles. The second-order valence-corrected chi connectivity index (χ2v) is 23.0. The van der Waals surface area contributed by atoms with Gasteiger partial charge in [0.1, 0.15) is 0 Å². The number of benzene rings is 4. The number of hydrogen-bond acceptors (Lipinski definition) is 4. The number of carbonyl (C=O) groups excluding carboxylic acids is 1. The number of nitrogens with zero attached hydrogens (tertiary/aromatic N) is 2. The second-order valence-electron chi connectivity index (χ2n) is 23.0. The van der Waals surface area contributed by atoms with Crippen molar-refractivity contribution >= 4 is 27.3 Å². The third-order valence-corrected chi connectivity index (χ3v) is 14.9. The molecule has 7 heteroatoms. The molecule has 6 aromatic rings. The maximum absolute atomic E-state index is 12.9. The average Bonchev–Trinajstić information content (AvgIpc) is 3.37. The smallest absolute Gasteiger partial charge is 0.246 e. The van der Waals surface area contributed by atoms with Crippen LogP contribution < -0.4 is 0 Å². The van der Waals surface area contributed by atoms with Crippen molar-refractivity contribution in [3.05, 3.63) is 142 Å². The fourth-order valence-corrected chi connectivity index (χ4v) is 10.5. The van der Waals surface area contributed by atoms with Gasteiger partial charge < -0.3 is 15.1 Å². The van der Waals surface area contributed by atoms with Gasteiger partial charge in [0.25, 0.3) is 0 Å². The molecule has 1 N–H and O–H groups in total. The normalized spacial score (nSPS) is 16.3. The molecule has 8 rings (SSSR count). The summed E-state index contributed by atoms with van der Waals surface area (Å²) in [5, 5.41) is 13.4. The van der Waals surface area contributed by atoms with Crippen LogP contribution in [0.4, 0.5) is 8.78 Å². The fraction of sp³-hybridized carbons (Fsp3) is 0.500. The van der Waals surface area contributed by atoms with Crippen molar-refractivity contribution < 1.29 is 44.3 Å².